The van der Waals surface area contributed by atoms with Gasteiger partial charge >= 0.3 is 5.97 Å². The quantitative estimate of drug-likeness (QED) is 0.324. The maximum atomic E-state index is 13.0. The second-order valence-electron chi connectivity index (χ2n) is 8.59. The second-order valence-corrected chi connectivity index (χ2v) is 8.59. The summed E-state index contributed by atoms with van der Waals surface area (Å²) < 4.78 is 0. The Morgan fingerprint density at radius 1 is 1.10 bits per heavy atom. The number of carbonyl (C=O) groups excluding carboxylic acids is 3. The Labute approximate surface area is 176 Å². The van der Waals surface area contributed by atoms with Gasteiger partial charge in [-0.15, -0.1) is 0 Å². The summed E-state index contributed by atoms with van der Waals surface area (Å²) >= 11 is 0. The standard InChI is InChI=1S/C20H34N4O6/c1-11(2)10-14(19(28)24-9-5-7-15(24)20(29)30)22-18(27)16(12(3)25)23-17(26)13-6-4-8-21-13/h11-16,21,25H,4-10H2,1-3H3,(H,22,27)(H,23,26)(H,29,30). The van der Waals surface area contributed by atoms with Gasteiger partial charge in [-0.25, -0.2) is 4.79 Å². The third kappa shape index (κ3) is 6.15. The number of carbonyl (C=O) groups is 4. The van der Waals surface area contributed by atoms with E-state index in [9.17, 15) is 29.4 Å². The van der Waals surface area contributed by atoms with Crippen LogP contribution >= 0.6 is 0 Å². The average molecular weight is 427 g/mol. The number of nitrogens with one attached hydrogen (secondary N) is 3. The maximum absolute atomic E-state index is 13.0. The van der Waals surface area contributed by atoms with E-state index in [1.807, 2.05) is 13.8 Å². The third-order valence-electron chi connectivity index (χ3n) is 5.58. The zero-order valence-corrected chi connectivity index (χ0v) is 17.9. The second kappa shape index (κ2) is 10.7. The molecule has 0 aromatic rings. The lowest BCUT2D eigenvalue weighted by molar-refractivity contribution is -0.149. The van der Waals surface area contributed by atoms with Gasteiger partial charge in [-0.3, -0.25) is 14.4 Å². The van der Waals surface area contributed by atoms with E-state index in [0.29, 0.717) is 32.2 Å². The summed E-state index contributed by atoms with van der Waals surface area (Å²) in [6, 6.07) is -3.45. The van der Waals surface area contributed by atoms with Crippen molar-refractivity contribution in [3.63, 3.8) is 0 Å². The summed E-state index contributed by atoms with van der Waals surface area (Å²) in [5, 5.41) is 27.7. The van der Waals surface area contributed by atoms with Crippen LogP contribution in [0.1, 0.15) is 52.9 Å². The van der Waals surface area contributed by atoms with Crippen molar-refractivity contribution in [3.05, 3.63) is 0 Å². The topological polar surface area (TPSA) is 148 Å². The Morgan fingerprint density at radius 3 is 2.33 bits per heavy atom. The van der Waals surface area contributed by atoms with Gasteiger partial charge in [-0.2, -0.15) is 0 Å². The van der Waals surface area contributed by atoms with Crippen LogP contribution in [0.4, 0.5) is 0 Å². The molecule has 2 aliphatic rings. The van der Waals surface area contributed by atoms with Crippen molar-refractivity contribution in [2.75, 3.05) is 13.1 Å². The first-order valence-corrected chi connectivity index (χ1v) is 10.7. The molecule has 170 valence electrons. The predicted octanol–water partition coefficient (Wildman–Crippen LogP) is -0.789. The van der Waals surface area contributed by atoms with Gasteiger partial charge in [-0.05, 0) is 51.5 Å². The number of aliphatic hydroxyl groups is 1. The van der Waals surface area contributed by atoms with E-state index in [1.165, 1.54) is 11.8 Å². The number of aliphatic hydroxyl groups excluding tert-OH is 1. The van der Waals surface area contributed by atoms with E-state index < -0.39 is 48.1 Å². The first-order valence-electron chi connectivity index (χ1n) is 10.7. The van der Waals surface area contributed by atoms with Gasteiger partial charge in [0.2, 0.25) is 17.7 Å². The van der Waals surface area contributed by atoms with Crippen molar-refractivity contribution in [1.29, 1.82) is 0 Å². The van der Waals surface area contributed by atoms with Crippen LogP contribution < -0.4 is 16.0 Å². The molecule has 2 aliphatic heterocycles. The Morgan fingerprint density at radius 2 is 1.80 bits per heavy atom. The molecule has 0 spiro atoms. The summed E-state index contributed by atoms with van der Waals surface area (Å²) in [6.45, 7) is 6.22. The van der Waals surface area contributed by atoms with Crippen LogP contribution in [0, 0.1) is 5.92 Å². The number of aliphatic carboxylic acids is 1. The molecule has 3 amide bonds. The van der Waals surface area contributed by atoms with Crippen molar-refractivity contribution >= 4 is 23.7 Å². The van der Waals surface area contributed by atoms with Crippen LogP contribution in [0.2, 0.25) is 0 Å². The normalized spacial score (nSPS) is 24.4. The van der Waals surface area contributed by atoms with Gasteiger partial charge < -0.3 is 31.1 Å². The van der Waals surface area contributed by atoms with E-state index >= 15 is 0 Å². The molecule has 0 bridgehead atoms. The monoisotopic (exact) mass is 426 g/mol. The molecular weight excluding hydrogens is 392 g/mol. The minimum Gasteiger partial charge on any atom is -0.480 e. The molecule has 2 rings (SSSR count). The maximum Gasteiger partial charge on any atom is 0.326 e. The van der Waals surface area contributed by atoms with Crippen molar-refractivity contribution < 1.29 is 29.4 Å². The number of carboxylic acid groups (broad SMARTS) is 1. The van der Waals surface area contributed by atoms with E-state index in [0.717, 1.165) is 13.0 Å². The highest BCUT2D eigenvalue weighted by Crippen LogP contribution is 2.20. The van der Waals surface area contributed by atoms with Crippen molar-refractivity contribution in [2.45, 2.75) is 83.1 Å². The van der Waals surface area contributed by atoms with E-state index in [4.69, 9.17) is 0 Å². The smallest absolute Gasteiger partial charge is 0.326 e. The van der Waals surface area contributed by atoms with E-state index in [1.54, 1.807) is 0 Å². The summed E-state index contributed by atoms with van der Waals surface area (Å²) in [7, 11) is 0. The van der Waals surface area contributed by atoms with Crippen LogP contribution in [0.15, 0.2) is 0 Å². The first kappa shape index (κ1) is 24.1. The fourth-order valence-electron chi connectivity index (χ4n) is 4.01. The molecule has 2 fully saturated rings. The summed E-state index contributed by atoms with van der Waals surface area (Å²) in [5.74, 6) is -2.48. The van der Waals surface area contributed by atoms with Crippen molar-refractivity contribution in [2.24, 2.45) is 5.92 Å². The highest BCUT2D eigenvalue weighted by Gasteiger charge is 2.39. The van der Waals surface area contributed by atoms with Gasteiger partial charge in [0.05, 0.1) is 12.1 Å². The molecule has 5 atom stereocenters. The van der Waals surface area contributed by atoms with Gasteiger partial charge in [0.1, 0.15) is 18.1 Å². The van der Waals surface area contributed by atoms with Gasteiger partial charge in [0.25, 0.3) is 0 Å². The summed E-state index contributed by atoms with van der Waals surface area (Å²) in [5.41, 5.74) is 0. The van der Waals surface area contributed by atoms with Crippen LogP contribution in [0.5, 0.6) is 0 Å². The molecule has 0 aromatic heterocycles. The lowest BCUT2D eigenvalue weighted by Gasteiger charge is -2.30. The van der Waals surface area contributed by atoms with E-state index in [-0.39, 0.29) is 11.8 Å². The van der Waals surface area contributed by atoms with Gasteiger partial charge in [-0.1, -0.05) is 13.8 Å². The highest BCUT2D eigenvalue weighted by molar-refractivity contribution is 5.94. The van der Waals surface area contributed by atoms with Crippen LogP contribution in [-0.2, 0) is 19.2 Å². The van der Waals surface area contributed by atoms with Crippen LogP contribution in [0.25, 0.3) is 0 Å². The first-order chi connectivity index (χ1) is 14.1. The number of hydrogen-bond acceptors (Lipinski definition) is 6. The summed E-state index contributed by atoms with van der Waals surface area (Å²) in [6.07, 6.45) is 1.63. The molecule has 5 unspecified atom stereocenters. The molecule has 2 heterocycles. The van der Waals surface area contributed by atoms with Crippen LogP contribution in [0.3, 0.4) is 0 Å². The molecular formula is C20H34N4O6. The molecule has 0 radical (unpaired) electrons. The number of rotatable bonds is 9. The Hall–Kier alpha value is -2.20. The molecule has 10 heteroatoms. The van der Waals surface area contributed by atoms with Gasteiger partial charge in [0, 0.05) is 6.54 Å². The third-order valence-corrected chi connectivity index (χ3v) is 5.58. The Kier molecular flexibility index (Phi) is 8.60. The fourth-order valence-corrected chi connectivity index (χ4v) is 4.01. The Balaban J connectivity index is 2.10. The molecule has 30 heavy (non-hydrogen) atoms. The molecule has 0 aliphatic carbocycles. The molecule has 5 N–H and O–H groups in total. The summed E-state index contributed by atoms with van der Waals surface area (Å²) in [4.78, 5) is 51.1. The predicted molar refractivity (Wildman–Crippen MR) is 108 cm³/mol. The van der Waals surface area contributed by atoms with Gasteiger partial charge in [0.15, 0.2) is 0 Å². The van der Waals surface area contributed by atoms with Crippen LogP contribution in [-0.4, -0.2) is 82.2 Å². The highest BCUT2D eigenvalue weighted by atomic mass is 16.4. The number of carboxylic acids is 1. The number of nitrogens with zero attached hydrogens (tertiary/aromatic N) is 1. The fraction of sp³-hybridized carbons (Fsp3) is 0.800. The minimum atomic E-state index is -1.21. The van der Waals surface area contributed by atoms with E-state index in [2.05, 4.69) is 16.0 Å². The SMILES string of the molecule is CC(C)CC(NC(=O)C(NC(=O)C1CCCN1)C(C)O)C(=O)N1CCCC1C(=O)O. The zero-order valence-electron chi connectivity index (χ0n) is 17.9. The van der Waals surface area contributed by atoms with Crippen molar-refractivity contribution in [3.8, 4) is 0 Å². The molecule has 0 saturated carbocycles. The number of likely N-dealkylation sites (tertiary alicyclic amines) is 1. The lowest BCUT2D eigenvalue weighted by atomic mass is 10.0. The number of hydrogen-bond donors (Lipinski definition) is 5. The molecule has 0 aromatic carbocycles. The minimum absolute atomic E-state index is 0.0624. The molecule has 10 nitrogen and oxygen atoms in total. The lowest BCUT2D eigenvalue weighted by Crippen LogP contribution is -2.59. The largest absolute Gasteiger partial charge is 0.480 e. The van der Waals surface area contributed by atoms with Crippen molar-refractivity contribution in [1.82, 2.24) is 20.9 Å². The zero-order chi connectivity index (χ0) is 22.4. The molecule has 2 saturated heterocycles. The average Bonchev–Trinajstić information content (AvgIpc) is 3.35. The Bertz CT molecular complexity index is 647. The number of amides is 3.